The van der Waals surface area contributed by atoms with E-state index in [-0.39, 0.29) is 15.5 Å². The lowest BCUT2D eigenvalue weighted by Gasteiger charge is -2.06. The first-order valence-corrected chi connectivity index (χ1v) is 9.90. The van der Waals surface area contributed by atoms with Gasteiger partial charge in [-0.25, -0.2) is 0 Å². The fourth-order valence-electron chi connectivity index (χ4n) is 2.30. The van der Waals surface area contributed by atoms with Crippen LogP contribution >= 0.6 is 34.2 Å². The van der Waals surface area contributed by atoms with Gasteiger partial charge in [0.25, 0.3) is 0 Å². The zero-order chi connectivity index (χ0) is 19.8. The Morgan fingerprint density at radius 2 is 1.37 bits per heavy atom. The van der Waals surface area contributed by atoms with Crippen LogP contribution in [0.25, 0.3) is 0 Å². The molecule has 27 heavy (non-hydrogen) atoms. The average Bonchev–Trinajstić information content (AvgIpc) is 2.70. The molecule has 0 radical (unpaired) electrons. The molecule has 0 saturated carbocycles. The molecule has 1 unspecified atom stereocenters. The van der Waals surface area contributed by atoms with Gasteiger partial charge in [0.05, 0.1) is 3.92 Å². The summed E-state index contributed by atoms with van der Waals surface area (Å²) in [5, 5.41) is 0.537. The Kier molecular flexibility index (Phi) is 8.00. The number of carbonyl (C=O) groups excluding carboxylic acids is 2. The maximum absolute atomic E-state index is 11.8. The van der Waals surface area contributed by atoms with Crippen molar-refractivity contribution in [3.63, 3.8) is 0 Å². The van der Waals surface area contributed by atoms with Crippen molar-refractivity contribution < 1.29 is 9.59 Å². The van der Waals surface area contributed by atoms with Crippen LogP contribution in [-0.2, 0) is 0 Å². The summed E-state index contributed by atoms with van der Waals surface area (Å²) in [5.74, 6) is 0.0896. The first-order valence-electron chi connectivity index (χ1n) is 8.28. The van der Waals surface area contributed by atoms with Crippen molar-refractivity contribution >= 4 is 51.4 Å². The second kappa shape index (κ2) is 10.2. The first kappa shape index (κ1) is 21.1. The van der Waals surface area contributed by atoms with Gasteiger partial charge in [0, 0.05) is 27.4 Å². The van der Waals surface area contributed by atoms with Crippen LogP contribution in [0.15, 0.2) is 78.9 Å². The van der Waals surface area contributed by atoms with E-state index in [2.05, 4.69) is 22.6 Å². The number of hydrogen-bond donors (Lipinski definition) is 1. The molecule has 3 rings (SSSR count). The Balaban J connectivity index is 0.000000194. The number of Topliss-reactive ketones (excluding diaryl/α,β-unsaturated/α-hetero) is 1. The lowest BCUT2D eigenvalue weighted by Crippen LogP contribution is -2.12. The highest BCUT2D eigenvalue weighted by Gasteiger charge is 2.14. The average molecular weight is 492 g/mol. The van der Waals surface area contributed by atoms with Crippen LogP contribution in [0.1, 0.15) is 33.2 Å². The number of nitrogen functional groups attached to an aromatic ring is 1. The van der Waals surface area contributed by atoms with Gasteiger partial charge in [-0.05, 0) is 25.1 Å². The summed E-state index contributed by atoms with van der Waals surface area (Å²) >= 11 is 7.81. The Labute approximate surface area is 177 Å². The largest absolute Gasteiger partial charge is 0.398 e. The van der Waals surface area contributed by atoms with Gasteiger partial charge in [0.15, 0.2) is 11.6 Å². The van der Waals surface area contributed by atoms with Crippen LogP contribution in [0, 0.1) is 0 Å². The quantitative estimate of drug-likeness (QED) is 0.216. The maximum Gasteiger partial charge on any atom is 0.193 e. The van der Waals surface area contributed by atoms with Gasteiger partial charge in [-0.1, -0.05) is 94.9 Å². The van der Waals surface area contributed by atoms with Gasteiger partial charge in [-0.15, -0.1) is 0 Å². The predicted octanol–water partition coefficient (Wildman–Crippen LogP) is 5.85. The Bertz CT molecular complexity index is 871. The van der Waals surface area contributed by atoms with E-state index in [0.29, 0.717) is 16.3 Å². The summed E-state index contributed by atoms with van der Waals surface area (Å²) in [6.07, 6.45) is 0. The van der Waals surface area contributed by atoms with E-state index in [0.717, 1.165) is 11.1 Å². The number of carbonyl (C=O) groups is 2. The number of rotatable bonds is 4. The lowest BCUT2D eigenvalue weighted by molar-refractivity contribution is 0.0997. The molecule has 0 aliphatic heterocycles. The third-order valence-corrected chi connectivity index (χ3v) is 4.51. The van der Waals surface area contributed by atoms with E-state index in [1.54, 1.807) is 18.2 Å². The fourth-order valence-corrected chi connectivity index (χ4v) is 2.81. The van der Waals surface area contributed by atoms with Crippen LogP contribution in [0.5, 0.6) is 0 Å². The van der Waals surface area contributed by atoms with E-state index in [4.69, 9.17) is 17.3 Å². The van der Waals surface area contributed by atoms with Gasteiger partial charge in [-0.2, -0.15) is 0 Å². The van der Waals surface area contributed by atoms with E-state index in [9.17, 15) is 9.59 Å². The van der Waals surface area contributed by atoms with Crippen molar-refractivity contribution in [1.82, 2.24) is 0 Å². The molecule has 138 valence electrons. The zero-order valence-electron chi connectivity index (χ0n) is 14.7. The molecule has 0 saturated heterocycles. The summed E-state index contributed by atoms with van der Waals surface area (Å²) < 4.78 is -0.0848. The molecule has 5 heteroatoms. The molecule has 0 aromatic heterocycles. The minimum Gasteiger partial charge on any atom is -0.398 e. The number of hydrogen-bond acceptors (Lipinski definition) is 3. The van der Waals surface area contributed by atoms with Crippen LogP contribution in [0.2, 0.25) is 5.02 Å². The minimum absolute atomic E-state index is 0.0144. The van der Waals surface area contributed by atoms with Gasteiger partial charge in [0.2, 0.25) is 0 Å². The highest BCUT2D eigenvalue weighted by atomic mass is 127. The lowest BCUT2D eigenvalue weighted by atomic mass is 10.0. The van der Waals surface area contributed by atoms with E-state index in [1.807, 2.05) is 67.6 Å². The van der Waals surface area contributed by atoms with Crippen LogP contribution in [0.3, 0.4) is 0 Å². The highest BCUT2D eigenvalue weighted by Crippen LogP contribution is 2.21. The zero-order valence-corrected chi connectivity index (χ0v) is 17.6. The molecule has 3 aromatic carbocycles. The molecule has 3 aromatic rings. The SMILES string of the molecule is CC(I)C(=O)c1cc(Cl)ccc1N.O=C(c1ccccc1)c1ccccc1. The van der Waals surface area contributed by atoms with Gasteiger partial charge in [-0.3, -0.25) is 9.59 Å². The standard InChI is InChI=1S/C13H10O.C9H9ClINO/c14-13(11-7-3-1-4-8-11)12-9-5-2-6-10-12;1-5(11)9(13)7-4-6(10)2-3-8(7)12/h1-10H;2-5H,12H2,1H3. The molecule has 2 N–H and O–H groups in total. The summed E-state index contributed by atoms with van der Waals surface area (Å²) in [6.45, 7) is 1.82. The summed E-state index contributed by atoms with van der Waals surface area (Å²) in [4.78, 5) is 23.4. The second-order valence-corrected chi connectivity index (χ2v) is 8.08. The number of halogens is 2. The molecular formula is C22H19ClINO2. The molecule has 1 atom stereocenters. The molecule has 0 aliphatic rings. The molecule has 0 heterocycles. The normalized spacial score (nSPS) is 11.1. The van der Waals surface area contributed by atoms with E-state index in [1.165, 1.54) is 0 Å². The monoisotopic (exact) mass is 491 g/mol. The van der Waals surface area contributed by atoms with Gasteiger partial charge < -0.3 is 5.73 Å². The number of ketones is 2. The highest BCUT2D eigenvalue weighted by molar-refractivity contribution is 14.1. The molecule has 0 bridgehead atoms. The topological polar surface area (TPSA) is 60.2 Å². The Morgan fingerprint density at radius 3 is 1.81 bits per heavy atom. The van der Waals surface area contributed by atoms with E-state index >= 15 is 0 Å². The second-order valence-electron chi connectivity index (χ2n) is 5.77. The van der Waals surface area contributed by atoms with Crippen LogP contribution < -0.4 is 5.73 Å². The van der Waals surface area contributed by atoms with Crippen molar-refractivity contribution in [1.29, 1.82) is 0 Å². The number of benzene rings is 3. The number of nitrogens with two attached hydrogens (primary N) is 1. The molecule has 3 nitrogen and oxygen atoms in total. The third-order valence-electron chi connectivity index (χ3n) is 3.71. The molecular weight excluding hydrogens is 473 g/mol. The van der Waals surface area contributed by atoms with E-state index < -0.39 is 0 Å². The molecule has 0 fully saturated rings. The molecule has 0 spiro atoms. The first-order chi connectivity index (χ1) is 12.9. The van der Waals surface area contributed by atoms with Crippen molar-refractivity contribution in [3.05, 3.63) is 101 Å². The summed E-state index contributed by atoms with van der Waals surface area (Å²) in [5.41, 5.74) is 8.11. The number of anilines is 1. The maximum atomic E-state index is 11.8. The third kappa shape index (κ3) is 6.19. The van der Waals surface area contributed by atoms with Gasteiger partial charge >= 0.3 is 0 Å². The van der Waals surface area contributed by atoms with Crippen LogP contribution in [0.4, 0.5) is 5.69 Å². The smallest absolute Gasteiger partial charge is 0.193 e. The predicted molar refractivity (Wildman–Crippen MR) is 120 cm³/mol. The van der Waals surface area contributed by atoms with Gasteiger partial charge in [0.1, 0.15) is 0 Å². The summed E-state index contributed by atoms with van der Waals surface area (Å²) in [7, 11) is 0. The Hall–Kier alpha value is -2.18. The van der Waals surface area contributed by atoms with Crippen molar-refractivity contribution in [3.8, 4) is 0 Å². The van der Waals surface area contributed by atoms with Crippen molar-refractivity contribution in [2.45, 2.75) is 10.8 Å². The number of alkyl halides is 1. The summed E-state index contributed by atoms with van der Waals surface area (Å²) in [6, 6.07) is 23.5. The van der Waals surface area contributed by atoms with Crippen molar-refractivity contribution in [2.24, 2.45) is 0 Å². The molecule has 0 aliphatic carbocycles. The minimum atomic E-state index is -0.0848. The van der Waals surface area contributed by atoms with Crippen LogP contribution in [-0.4, -0.2) is 15.5 Å². The Morgan fingerprint density at radius 1 is 0.889 bits per heavy atom. The van der Waals surface area contributed by atoms with Crippen molar-refractivity contribution in [2.75, 3.05) is 5.73 Å². The molecule has 0 amide bonds. The fraction of sp³-hybridized carbons (Fsp3) is 0.0909.